The Kier molecular flexibility index (Phi) is 3.27. The Balaban J connectivity index is 1.78. The van der Waals surface area contributed by atoms with Crippen LogP contribution in [0.4, 0.5) is 0 Å². The second kappa shape index (κ2) is 4.35. The molecule has 5 heteroatoms. The predicted octanol–water partition coefficient (Wildman–Crippen LogP) is 0.262. The van der Waals surface area contributed by atoms with Gasteiger partial charge < -0.3 is 24.1 Å². The molecule has 0 aromatic heterocycles. The van der Waals surface area contributed by atoms with E-state index in [-0.39, 0.29) is 12.4 Å². The van der Waals surface area contributed by atoms with Gasteiger partial charge in [-0.3, -0.25) is 0 Å². The number of rotatable bonds is 3. The number of ether oxygens (including phenoxy) is 4. The second-order valence-electron chi connectivity index (χ2n) is 4.34. The Morgan fingerprint density at radius 3 is 2.53 bits per heavy atom. The van der Waals surface area contributed by atoms with Gasteiger partial charge in [-0.05, 0) is 13.8 Å². The van der Waals surface area contributed by atoms with Crippen LogP contribution in [0, 0.1) is 0 Å². The molecule has 5 nitrogen and oxygen atoms in total. The minimum absolute atomic E-state index is 0.284. The van der Waals surface area contributed by atoms with Crippen molar-refractivity contribution in [3.63, 3.8) is 0 Å². The van der Waals surface area contributed by atoms with Crippen LogP contribution in [0.2, 0.25) is 0 Å². The van der Waals surface area contributed by atoms with Gasteiger partial charge in [-0.15, -0.1) is 0 Å². The van der Waals surface area contributed by atoms with E-state index in [1.165, 1.54) is 0 Å². The normalized spacial score (nSPS) is 33.4. The van der Waals surface area contributed by atoms with E-state index in [9.17, 15) is 5.11 Å². The maximum Gasteiger partial charge on any atom is 0.163 e. The topological polar surface area (TPSA) is 57.2 Å². The fraction of sp³-hybridized carbons (Fsp3) is 1.00. The van der Waals surface area contributed by atoms with Crippen molar-refractivity contribution in [2.45, 2.75) is 44.6 Å². The van der Waals surface area contributed by atoms with E-state index in [2.05, 4.69) is 0 Å². The monoisotopic (exact) mass is 218 g/mol. The molecule has 1 N–H and O–H groups in total. The van der Waals surface area contributed by atoms with Crippen molar-refractivity contribution in [2.24, 2.45) is 0 Å². The molecule has 2 fully saturated rings. The van der Waals surface area contributed by atoms with Crippen LogP contribution in [0.3, 0.4) is 0 Å². The summed E-state index contributed by atoms with van der Waals surface area (Å²) in [5, 5.41) is 9.88. The largest absolute Gasteiger partial charge is 0.390 e. The zero-order chi connectivity index (χ0) is 10.9. The van der Waals surface area contributed by atoms with E-state index in [0.717, 1.165) is 0 Å². The zero-order valence-corrected chi connectivity index (χ0v) is 9.14. The minimum Gasteiger partial charge on any atom is -0.390 e. The van der Waals surface area contributed by atoms with Gasteiger partial charge in [0.15, 0.2) is 12.1 Å². The summed E-state index contributed by atoms with van der Waals surface area (Å²) in [6, 6.07) is 0. The maximum absolute atomic E-state index is 9.88. The SMILES string of the molecule is CC1(C)OCC(C(O)CC2OCCO2)O1. The van der Waals surface area contributed by atoms with Crippen LogP contribution in [0.1, 0.15) is 20.3 Å². The third kappa shape index (κ3) is 2.89. The van der Waals surface area contributed by atoms with Gasteiger partial charge in [0.05, 0.1) is 25.9 Å². The average Bonchev–Trinajstić information content (AvgIpc) is 2.74. The van der Waals surface area contributed by atoms with Crippen molar-refractivity contribution < 1.29 is 24.1 Å². The molecule has 0 radical (unpaired) electrons. The fourth-order valence-electron chi connectivity index (χ4n) is 1.80. The highest BCUT2D eigenvalue weighted by Crippen LogP contribution is 2.26. The third-order valence-corrected chi connectivity index (χ3v) is 2.58. The van der Waals surface area contributed by atoms with Crippen LogP contribution in [0.25, 0.3) is 0 Å². The summed E-state index contributed by atoms with van der Waals surface area (Å²) in [5.74, 6) is -0.594. The zero-order valence-electron chi connectivity index (χ0n) is 9.14. The summed E-state index contributed by atoms with van der Waals surface area (Å²) in [5.41, 5.74) is 0. The molecule has 2 aliphatic rings. The summed E-state index contributed by atoms with van der Waals surface area (Å²) in [7, 11) is 0. The number of aliphatic hydroxyl groups is 1. The molecule has 0 amide bonds. The lowest BCUT2D eigenvalue weighted by Gasteiger charge is -2.21. The van der Waals surface area contributed by atoms with E-state index < -0.39 is 11.9 Å². The Morgan fingerprint density at radius 1 is 1.33 bits per heavy atom. The molecule has 0 aliphatic carbocycles. The Labute approximate surface area is 89.3 Å². The van der Waals surface area contributed by atoms with E-state index in [0.29, 0.717) is 26.2 Å². The first-order chi connectivity index (χ1) is 7.07. The van der Waals surface area contributed by atoms with E-state index in [1.807, 2.05) is 13.8 Å². The Bertz CT molecular complexity index is 212. The molecular weight excluding hydrogens is 200 g/mol. The Hall–Kier alpha value is -0.200. The fourth-order valence-corrected chi connectivity index (χ4v) is 1.80. The van der Waals surface area contributed by atoms with Crippen molar-refractivity contribution in [1.29, 1.82) is 0 Å². The van der Waals surface area contributed by atoms with Gasteiger partial charge in [0, 0.05) is 6.42 Å². The van der Waals surface area contributed by atoms with E-state index >= 15 is 0 Å². The smallest absolute Gasteiger partial charge is 0.163 e. The molecule has 0 aromatic carbocycles. The number of hydrogen-bond donors (Lipinski definition) is 1. The lowest BCUT2D eigenvalue weighted by Crippen LogP contribution is -2.33. The van der Waals surface area contributed by atoms with E-state index in [4.69, 9.17) is 18.9 Å². The molecule has 0 spiro atoms. The molecule has 2 heterocycles. The average molecular weight is 218 g/mol. The van der Waals surface area contributed by atoms with Crippen molar-refractivity contribution >= 4 is 0 Å². The first-order valence-corrected chi connectivity index (χ1v) is 5.30. The van der Waals surface area contributed by atoms with Crippen molar-refractivity contribution in [3.05, 3.63) is 0 Å². The van der Waals surface area contributed by atoms with E-state index in [1.54, 1.807) is 0 Å². The van der Waals surface area contributed by atoms with Gasteiger partial charge in [-0.2, -0.15) is 0 Å². The van der Waals surface area contributed by atoms with Gasteiger partial charge >= 0.3 is 0 Å². The van der Waals surface area contributed by atoms with Crippen LogP contribution in [-0.4, -0.2) is 49.2 Å². The molecular formula is C10H18O5. The summed E-state index contributed by atoms with van der Waals surface area (Å²) in [6.07, 6.45) is -0.751. The summed E-state index contributed by atoms with van der Waals surface area (Å²) < 4.78 is 21.4. The molecule has 2 unspecified atom stereocenters. The molecule has 2 aliphatic heterocycles. The standard InChI is InChI=1S/C10H18O5/c1-10(2)14-6-8(15-10)7(11)5-9-12-3-4-13-9/h7-9,11H,3-6H2,1-2H3. The first-order valence-electron chi connectivity index (χ1n) is 5.30. The molecule has 2 rings (SSSR count). The number of aliphatic hydroxyl groups excluding tert-OH is 1. The van der Waals surface area contributed by atoms with Crippen molar-refractivity contribution in [1.82, 2.24) is 0 Å². The highest BCUT2D eigenvalue weighted by Gasteiger charge is 2.38. The van der Waals surface area contributed by atoms with Gasteiger partial charge in [-0.1, -0.05) is 0 Å². The van der Waals surface area contributed by atoms with Crippen LogP contribution >= 0.6 is 0 Å². The van der Waals surface area contributed by atoms with Crippen LogP contribution in [0.5, 0.6) is 0 Å². The summed E-state index contributed by atoms with van der Waals surface area (Å²) >= 11 is 0. The molecule has 0 bridgehead atoms. The summed E-state index contributed by atoms with van der Waals surface area (Å²) in [6.45, 7) is 5.29. The molecule has 15 heavy (non-hydrogen) atoms. The van der Waals surface area contributed by atoms with Gasteiger partial charge in [0.25, 0.3) is 0 Å². The third-order valence-electron chi connectivity index (χ3n) is 2.58. The highest BCUT2D eigenvalue weighted by atomic mass is 16.7. The quantitative estimate of drug-likeness (QED) is 0.736. The maximum atomic E-state index is 9.88. The minimum atomic E-state index is -0.602. The highest BCUT2D eigenvalue weighted by molar-refractivity contribution is 4.78. The predicted molar refractivity (Wildman–Crippen MR) is 51.2 cm³/mol. The van der Waals surface area contributed by atoms with Gasteiger partial charge in [-0.25, -0.2) is 0 Å². The molecule has 0 saturated carbocycles. The Morgan fingerprint density at radius 2 is 2.00 bits per heavy atom. The van der Waals surface area contributed by atoms with Gasteiger partial charge in [0.2, 0.25) is 0 Å². The van der Waals surface area contributed by atoms with Crippen LogP contribution < -0.4 is 0 Å². The van der Waals surface area contributed by atoms with Crippen molar-refractivity contribution in [3.8, 4) is 0 Å². The summed E-state index contributed by atoms with van der Waals surface area (Å²) in [4.78, 5) is 0. The number of hydrogen-bond acceptors (Lipinski definition) is 5. The van der Waals surface area contributed by atoms with Crippen molar-refractivity contribution in [2.75, 3.05) is 19.8 Å². The van der Waals surface area contributed by atoms with Gasteiger partial charge in [0.1, 0.15) is 6.10 Å². The molecule has 0 aromatic rings. The molecule has 88 valence electrons. The lowest BCUT2D eigenvalue weighted by molar-refractivity contribution is -0.159. The van der Waals surface area contributed by atoms with Crippen LogP contribution in [0.15, 0.2) is 0 Å². The van der Waals surface area contributed by atoms with Crippen LogP contribution in [-0.2, 0) is 18.9 Å². The molecule has 2 atom stereocenters. The lowest BCUT2D eigenvalue weighted by atomic mass is 10.1. The molecule has 2 saturated heterocycles. The first kappa shape index (κ1) is 11.3. The second-order valence-corrected chi connectivity index (χ2v) is 4.34.